The lowest BCUT2D eigenvalue weighted by Crippen LogP contribution is -2.08. The Bertz CT molecular complexity index is 1140. The fourth-order valence-corrected chi connectivity index (χ4v) is 5.27. The molecule has 0 bridgehead atoms. The monoisotopic (exact) mass is 463 g/mol. The number of hydrogen-bond acceptors (Lipinski definition) is 7. The van der Waals surface area contributed by atoms with E-state index in [1.165, 1.54) is 36.2 Å². The van der Waals surface area contributed by atoms with Crippen molar-refractivity contribution in [3.63, 3.8) is 0 Å². The van der Waals surface area contributed by atoms with Crippen molar-refractivity contribution in [2.45, 2.75) is 32.6 Å². The molecule has 0 atom stereocenters. The second kappa shape index (κ2) is 10.1. The normalized spacial score (nSPS) is 11.0. The molecule has 7 heteroatoms. The molecule has 2 aromatic heterocycles. The van der Waals surface area contributed by atoms with E-state index in [9.17, 15) is 0 Å². The van der Waals surface area contributed by atoms with Gasteiger partial charge in [0.15, 0.2) is 5.13 Å². The first kappa shape index (κ1) is 22.3. The van der Waals surface area contributed by atoms with E-state index < -0.39 is 0 Å². The number of nitrogen functional groups attached to an aromatic ring is 1. The molecule has 166 valence electrons. The van der Waals surface area contributed by atoms with Crippen molar-refractivity contribution in [2.24, 2.45) is 0 Å². The molecule has 0 saturated carbocycles. The first-order valence-corrected chi connectivity index (χ1v) is 12.6. The summed E-state index contributed by atoms with van der Waals surface area (Å²) < 4.78 is 0. The number of aryl methyl sites for hydroxylation is 1. The van der Waals surface area contributed by atoms with Gasteiger partial charge in [0, 0.05) is 36.4 Å². The largest absolute Gasteiger partial charge is 0.382 e. The molecular weight excluding hydrogens is 434 g/mol. The first-order chi connectivity index (χ1) is 15.5. The van der Waals surface area contributed by atoms with Crippen molar-refractivity contribution in [1.29, 1.82) is 0 Å². The maximum atomic E-state index is 6.24. The van der Waals surface area contributed by atoms with Gasteiger partial charge in [-0.05, 0) is 42.7 Å². The van der Waals surface area contributed by atoms with E-state index in [1.807, 2.05) is 26.2 Å². The number of hydrogen-bond donors (Lipinski definition) is 2. The summed E-state index contributed by atoms with van der Waals surface area (Å²) in [6.07, 6.45) is 4.92. The molecule has 0 aliphatic rings. The zero-order chi connectivity index (χ0) is 22.5. The molecule has 2 aromatic carbocycles. The van der Waals surface area contributed by atoms with Gasteiger partial charge in [0.25, 0.3) is 0 Å². The van der Waals surface area contributed by atoms with Gasteiger partial charge < -0.3 is 16.0 Å². The van der Waals surface area contributed by atoms with E-state index in [0.717, 1.165) is 44.1 Å². The number of nitrogens with two attached hydrogens (primary N) is 1. The van der Waals surface area contributed by atoms with Gasteiger partial charge in [-0.3, -0.25) is 0 Å². The van der Waals surface area contributed by atoms with Gasteiger partial charge in [0.05, 0.1) is 5.69 Å². The number of benzene rings is 2. The zero-order valence-electron chi connectivity index (χ0n) is 18.8. The Morgan fingerprint density at radius 3 is 2.41 bits per heavy atom. The highest BCUT2D eigenvalue weighted by Crippen LogP contribution is 2.39. The van der Waals surface area contributed by atoms with E-state index in [-0.39, 0.29) is 0 Å². The Balaban J connectivity index is 1.46. The lowest BCUT2D eigenvalue weighted by molar-refractivity contribution is 0.717. The fourth-order valence-electron chi connectivity index (χ4n) is 3.44. The summed E-state index contributed by atoms with van der Waals surface area (Å²) in [5.41, 5.74) is 11.9. The van der Waals surface area contributed by atoms with Gasteiger partial charge in [-0.25, -0.2) is 9.97 Å². The highest BCUT2D eigenvalue weighted by Gasteiger charge is 2.15. The van der Waals surface area contributed by atoms with Crippen LogP contribution in [-0.2, 0) is 6.42 Å². The highest BCUT2D eigenvalue weighted by atomic mass is 32.1. The minimum absolute atomic E-state index is 0.509. The van der Waals surface area contributed by atoms with E-state index in [4.69, 9.17) is 10.7 Å². The third kappa shape index (κ3) is 5.29. The Kier molecular flexibility index (Phi) is 7.07. The molecule has 0 amide bonds. The van der Waals surface area contributed by atoms with E-state index in [2.05, 4.69) is 63.9 Å². The van der Waals surface area contributed by atoms with Gasteiger partial charge in [-0.2, -0.15) is 0 Å². The molecule has 0 unspecified atom stereocenters. The number of rotatable bonds is 9. The SMILES string of the molecule is CCCCCc1ccc(-c2csc(-c3sc(Nc4ccc(N(C)C)cc4)nc3N)n2)cc1. The van der Waals surface area contributed by atoms with Crippen LogP contribution in [0.2, 0.25) is 0 Å². The van der Waals surface area contributed by atoms with Crippen LogP contribution in [0.4, 0.5) is 22.3 Å². The predicted octanol–water partition coefficient (Wildman–Crippen LogP) is 7.06. The molecular formula is C25H29N5S2. The second-order valence-electron chi connectivity index (χ2n) is 7.99. The minimum Gasteiger partial charge on any atom is -0.382 e. The number of nitrogens with one attached hydrogen (secondary N) is 1. The summed E-state index contributed by atoms with van der Waals surface area (Å²) in [6.45, 7) is 2.24. The van der Waals surface area contributed by atoms with Crippen LogP contribution in [0.25, 0.3) is 21.1 Å². The summed E-state index contributed by atoms with van der Waals surface area (Å²) in [5.74, 6) is 0.509. The number of thiazole rings is 2. The molecule has 0 spiro atoms. The predicted molar refractivity (Wildman–Crippen MR) is 140 cm³/mol. The Hall–Kier alpha value is -2.90. The summed E-state index contributed by atoms with van der Waals surface area (Å²) >= 11 is 3.13. The Morgan fingerprint density at radius 1 is 0.969 bits per heavy atom. The molecule has 0 aliphatic heterocycles. The van der Waals surface area contributed by atoms with Crippen molar-refractivity contribution in [1.82, 2.24) is 9.97 Å². The zero-order valence-corrected chi connectivity index (χ0v) is 20.4. The number of aromatic nitrogens is 2. The lowest BCUT2D eigenvalue weighted by Gasteiger charge is -2.12. The van der Waals surface area contributed by atoms with Gasteiger partial charge in [0.1, 0.15) is 15.7 Å². The average Bonchev–Trinajstić information content (AvgIpc) is 3.41. The Morgan fingerprint density at radius 2 is 1.72 bits per heavy atom. The average molecular weight is 464 g/mol. The summed E-state index contributed by atoms with van der Waals surface area (Å²) in [7, 11) is 4.06. The second-order valence-corrected chi connectivity index (χ2v) is 9.85. The summed E-state index contributed by atoms with van der Waals surface area (Å²) in [6, 6.07) is 17.0. The van der Waals surface area contributed by atoms with Crippen molar-refractivity contribution in [3.8, 4) is 21.1 Å². The third-order valence-electron chi connectivity index (χ3n) is 5.31. The number of nitrogens with zero attached hydrogens (tertiary/aromatic N) is 3. The van der Waals surface area contributed by atoms with E-state index >= 15 is 0 Å². The quantitative estimate of drug-likeness (QED) is 0.260. The smallest absolute Gasteiger partial charge is 0.189 e. The van der Waals surface area contributed by atoms with Gasteiger partial charge in [-0.15, -0.1) is 11.3 Å². The number of unbranched alkanes of at least 4 members (excludes halogenated alkanes) is 2. The van der Waals surface area contributed by atoms with Crippen LogP contribution in [0.3, 0.4) is 0 Å². The molecule has 0 saturated heterocycles. The summed E-state index contributed by atoms with van der Waals surface area (Å²) in [4.78, 5) is 12.3. The van der Waals surface area contributed by atoms with Crippen LogP contribution in [0.1, 0.15) is 31.7 Å². The van der Waals surface area contributed by atoms with Crippen LogP contribution in [0.15, 0.2) is 53.9 Å². The molecule has 32 heavy (non-hydrogen) atoms. The topological polar surface area (TPSA) is 67.1 Å². The van der Waals surface area contributed by atoms with Crippen molar-refractivity contribution < 1.29 is 0 Å². The molecule has 3 N–H and O–H groups in total. The van der Waals surface area contributed by atoms with Crippen molar-refractivity contribution in [3.05, 3.63) is 59.5 Å². The molecule has 0 radical (unpaired) electrons. The first-order valence-electron chi connectivity index (χ1n) is 10.9. The molecule has 4 aromatic rings. The maximum Gasteiger partial charge on any atom is 0.189 e. The van der Waals surface area contributed by atoms with Gasteiger partial charge in [-0.1, -0.05) is 55.4 Å². The molecule has 0 aliphatic carbocycles. The maximum absolute atomic E-state index is 6.24. The highest BCUT2D eigenvalue weighted by molar-refractivity contribution is 7.23. The van der Waals surface area contributed by atoms with Gasteiger partial charge >= 0.3 is 0 Å². The number of anilines is 4. The molecule has 0 fully saturated rings. The van der Waals surface area contributed by atoms with Crippen molar-refractivity contribution >= 4 is 45.0 Å². The molecule has 4 rings (SSSR count). The minimum atomic E-state index is 0.509. The summed E-state index contributed by atoms with van der Waals surface area (Å²) in [5, 5.41) is 7.11. The van der Waals surface area contributed by atoms with Crippen LogP contribution in [0, 0.1) is 0 Å². The lowest BCUT2D eigenvalue weighted by atomic mass is 10.0. The van der Waals surface area contributed by atoms with E-state index in [1.54, 1.807) is 11.3 Å². The van der Waals surface area contributed by atoms with Crippen LogP contribution < -0.4 is 16.0 Å². The van der Waals surface area contributed by atoms with Crippen LogP contribution >= 0.6 is 22.7 Å². The van der Waals surface area contributed by atoms with Crippen LogP contribution in [0.5, 0.6) is 0 Å². The van der Waals surface area contributed by atoms with Crippen LogP contribution in [-0.4, -0.2) is 24.1 Å². The van der Waals surface area contributed by atoms with Gasteiger partial charge in [0.2, 0.25) is 0 Å². The molecule has 2 heterocycles. The van der Waals surface area contributed by atoms with E-state index in [0.29, 0.717) is 5.82 Å². The third-order valence-corrected chi connectivity index (χ3v) is 7.29. The molecule has 5 nitrogen and oxygen atoms in total. The van der Waals surface area contributed by atoms with Crippen molar-refractivity contribution in [2.75, 3.05) is 30.0 Å². The fraction of sp³-hybridized carbons (Fsp3) is 0.280. The standard InChI is InChI=1S/C25H29N5S2/c1-4-5-6-7-17-8-10-18(11-9-17)21-16-31-24(28-21)22-23(26)29-25(32-22)27-19-12-14-20(15-13-19)30(2)3/h8-16H,4-7,26H2,1-3H3,(H,27,29). The Labute approximate surface area is 198 Å².